The number of hydrogen-bond donors (Lipinski definition) is 3. The fraction of sp³-hybridized carbons (Fsp3) is 0.154. The largest absolute Gasteiger partial charge is 0.478 e. The van der Waals surface area contributed by atoms with Crippen LogP contribution in [0.25, 0.3) is 0 Å². The number of hydrogen-bond acceptors (Lipinski definition) is 4. The lowest BCUT2D eigenvalue weighted by atomic mass is 10.1. The number of rotatable bonds is 4. The second-order valence-corrected chi connectivity index (χ2v) is 4.38. The number of halogens is 1. The van der Waals surface area contributed by atoms with Gasteiger partial charge in [-0.15, -0.1) is 0 Å². The van der Waals surface area contributed by atoms with Crippen molar-refractivity contribution in [1.29, 1.82) is 0 Å². The zero-order chi connectivity index (χ0) is 15.6. The van der Waals surface area contributed by atoms with Crippen molar-refractivity contribution >= 4 is 17.6 Å². The van der Waals surface area contributed by atoms with E-state index in [-0.39, 0.29) is 5.69 Å². The number of anilines is 1. The van der Waals surface area contributed by atoms with E-state index in [2.05, 4.69) is 10.4 Å². The van der Waals surface area contributed by atoms with Crippen LogP contribution >= 0.6 is 0 Å². The molecule has 4 N–H and O–H groups in total. The number of benzene rings is 1. The third-order valence-corrected chi connectivity index (χ3v) is 2.85. The van der Waals surface area contributed by atoms with Gasteiger partial charge in [-0.25, -0.2) is 9.18 Å². The van der Waals surface area contributed by atoms with Crippen LogP contribution in [0.5, 0.6) is 0 Å². The first-order valence-electron chi connectivity index (χ1n) is 5.97. The molecule has 0 bridgehead atoms. The molecule has 110 valence electrons. The molecule has 0 saturated heterocycles. The van der Waals surface area contributed by atoms with Gasteiger partial charge in [0, 0.05) is 18.8 Å². The monoisotopic (exact) mass is 292 g/mol. The predicted molar refractivity (Wildman–Crippen MR) is 72.1 cm³/mol. The number of carbonyl (C=O) groups excluding carboxylic acids is 1. The fourth-order valence-electron chi connectivity index (χ4n) is 1.81. The lowest BCUT2D eigenvalue weighted by molar-refractivity contribution is -0.117. The van der Waals surface area contributed by atoms with Crippen LogP contribution in [0.2, 0.25) is 0 Å². The molecule has 0 fully saturated rings. The highest BCUT2D eigenvalue weighted by atomic mass is 19.1. The van der Waals surface area contributed by atoms with E-state index in [9.17, 15) is 14.0 Å². The zero-order valence-corrected chi connectivity index (χ0v) is 11.1. The van der Waals surface area contributed by atoms with Gasteiger partial charge in [-0.2, -0.15) is 5.10 Å². The highest BCUT2D eigenvalue weighted by molar-refractivity contribution is 6.02. The van der Waals surface area contributed by atoms with Gasteiger partial charge in [-0.05, 0) is 12.1 Å². The summed E-state index contributed by atoms with van der Waals surface area (Å²) in [4.78, 5) is 23.1. The second-order valence-electron chi connectivity index (χ2n) is 4.38. The Morgan fingerprint density at radius 2 is 2.19 bits per heavy atom. The van der Waals surface area contributed by atoms with Crippen LogP contribution in [0, 0.1) is 5.82 Å². The number of nitrogens with one attached hydrogen (secondary N) is 1. The van der Waals surface area contributed by atoms with E-state index in [4.69, 9.17) is 10.8 Å². The smallest absolute Gasteiger partial charge is 0.340 e. The third kappa shape index (κ3) is 3.06. The van der Waals surface area contributed by atoms with Crippen LogP contribution in [0.4, 0.5) is 10.1 Å². The molecule has 0 aliphatic heterocycles. The first-order valence-corrected chi connectivity index (χ1v) is 5.97. The predicted octanol–water partition coefficient (Wildman–Crippen LogP) is 0.896. The van der Waals surface area contributed by atoms with E-state index < -0.39 is 29.3 Å². The Bertz CT molecular complexity index is 698. The summed E-state index contributed by atoms with van der Waals surface area (Å²) in [5, 5.41) is 15.2. The molecule has 1 heterocycles. The highest BCUT2D eigenvalue weighted by Gasteiger charge is 2.21. The van der Waals surface area contributed by atoms with Gasteiger partial charge in [-0.3, -0.25) is 9.48 Å². The fourth-order valence-corrected chi connectivity index (χ4v) is 1.81. The average molecular weight is 292 g/mol. The number of carbonyl (C=O) groups is 2. The Labute approximate surface area is 119 Å². The summed E-state index contributed by atoms with van der Waals surface area (Å²) in [5.41, 5.74) is 5.47. The maximum absolute atomic E-state index is 13.5. The minimum Gasteiger partial charge on any atom is -0.478 e. The van der Waals surface area contributed by atoms with Gasteiger partial charge < -0.3 is 16.2 Å². The molecule has 0 aliphatic carbocycles. The van der Waals surface area contributed by atoms with Gasteiger partial charge >= 0.3 is 5.97 Å². The van der Waals surface area contributed by atoms with E-state index >= 15 is 0 Å². The summed E-state index contributed by atoms with van der Waals surface area (Å²) in [6.07, 6.45) is 2.99. The molecule has 1 atom stereocenters. The molecule has 2 aromatic rings. The summed E-state index contributed by atoms with van der Waals surface area (Å²) < 4.78 is 15.0. The van der Waals surface area contributed by atoms with E-state index in [0.717, 1.165) is 6.07 Å². The Morgan fingerprint density at radius 3 is 2.76 bits per heavy atom. The van der Waals surface area contributed by atoms with E-state index in [0.29, 0.717) is 5.56 Å². The van der Waals surface area contributed by atoms with Crippen LogP contribution < -0.4 is 11.1 Å². The van der Waals surface area contributed by atoms with Crippen molar-refractivity contribution in [1.82, 2.24) is 9.78 Å². The molecule has 1 unspecified atom stereocenters. The molecule has 1 aromatic carbocycles. The minimum absolute atomic E-state index is 0.146. The third-order valence-electron chi connectivity index (χ3n) is 2.85. The number of aromatic carboxylic acids is 1. The maximum Gasteiger partial charge on any atom is 0.340 e. The van der Waals surface area contributed by atoms with Crippen molar-refractivity contribution in [3.63, 3.8) is 0 Å². The summed E-state index contributed by atoms with van der Waals surface area (Å²) >= 11 is 0. The summed E-state index contributed by atoms with van der Waals surface area (Å²) in [5.74, 6) is -3.07. The number of amides is 1. The van der Waals surface area contributed by atoms with Crippen LogP contribution in [0.3, 0.4) is 0 Å². The standard InChI is InChI=1S/C13H13FN4O3/c1-18-6-7(5-16-18)11(15)12(19)17-9-4-2-3-8(14)10(9)13(20)21/h2-6,11H,15H2,1H3,(H,17,19)(H,20,21). The molecular weight excluding hydrogens is 279 g/mol. The first kappa shape index (κ1) is 14.7. The zero-order valence-electron chi connectivity index (χ0n) is 11.1. The van der Waals surface area contributed by atoms with Gasteiger partial charge in [0.25, 0.3) is 0 Å². The quantitative estimate of drug-likeness (QED) is 0.775. The summed E-state index contributed by atoms with van der Waals surface area (Å²) in [7, 11) is 1.67. The number of carboxylic acids is 1. The summed E-state index contributed by atoms with van der Waals surface area (Å²) in [6, 6.07) is 2.55. The molecule has 21 heavy (non-hydrogen) atoms. The number of nitrogens with zero attached hydrogens (tertiary/aromatic N) is 2. The van der Waals surface area contributed by atoms with Crippen molar-refractivity contribution in [2.75, 3.05) is 5.32 Å². The maximum atomic E-state index is 13.5. The molecule has 1 aromatic heterocycles. The van der Waals surface area contributed by atoms with E-state index in [1.807, 2.05) is 0 Å². The average Bonchev–Trinajstić information content (AvgIpc) is 2.84. The number of aryl methyl sites for hydroxylation is 1. The molecule has 0 saturated carbocycles. The lowest BCUT2D eigenvalue weighted by Gasteiger charge is -2.12. The Kier molecular flexibility index (Phi) is 3.99. The molecular formula is C13H13FN4O3. The van der Waals surface area contributed by atoms with Crippen molar-refractivity contribution in [3.05, 3.63) is 47.5 Å². The van der Waals surface area contributed by atoms with Gasteiger partial charge in [0.05, 0.1) is 11.9 Å². The van der Waals surface area contributed by atoms with E-state index in [1.54, 1.807) is 13.2 Å². The molecule has 7 nitrogen and oxygen atoms in total. The molecule has 1 amide bonds. The molecule has 0 radical (unpaired) electrons. The van der Waals surface area contributed by atoms with Gasteiger partial charge in [0.15, 0.2) is 0 Å². The first-order chi connectivity index (χ1) is 9.90. The SMILES string of the molecule is Cn1cc(C(N)C(=O)Nc2cccc(F)c2C(=O)O)cn1. The minimum atomic E-state index is -1.47. The van der Waals surface area contributed by atoms with Crippen LogP contribution in [0.1, 0.15) is 22.0 Å². The van der Waals surface area contributed by atoms with Gasteiger partial charge in [-0.1, -0.05) is 6.07 Å². The van der Waals surface area contributed by atoms with Crippen molar-refractivity contribution in [2.45, 2.75) is 6.04 Å². The highest BCUT2D eigenvalue weighted by Crippen LogP contribution is 2.20. The van der Waals surface area contributed by atoms with Gasteiger partial charge in [0.2, 0.25) is 5.91 Å². The van der Waals surface area contributed by atoms with E-state index in [1.165, 1.54) is 23.0 Å². The Hall–Kier alpha value is -2.74. The van der Waals surface area contributed by atoms with Crippen LogP contribution in [0.15, 0.2) is 30.6 Å². The van der Waals surface area contributed by atoms with Crippen molar-refractivity contribution in [3.8, 4) is 0 Å². The number of carboxylic acid groups (broad SMARTS) is 1. The van der Waals surface area contributed by atoms with Crippen LogP contribution in [-0.4, -0.2) is 26.8 Å². The molecule has 8 heteroatoms. The number of nitrogens with two attached hydrogens (primary N) is 1. The number of aromatic nitrogens is 2. The van der Waals surface area contributed by atoms with Gasteiger partial charge in [0.1, 0.15) is 17.4 Å². The molecule has 0 aliphatic rings. The molecule has 2 rings (SSSR count). The summed E-state index contributed by atoms with van der Waals surface area (Å²) in [6.45, 7) is 0. The van der Waals surface area contributed by atoms with Crippen molar-refractivity contribution in [2.24, 2.45) is 12.8 Å². The molecule has 0 spiro atoms. The Morgan fingerprint density at radius 1 is 1.48 bits per heavy atom. The topological polar surface area (TPSA) is 110 Å². The van der Waals surface area contributed by atoms with Crippen LogP contribution in [-0.2, 0) is 11.8 Å². The Balaban J connectivity index is 2.24. The second kappa shape index (κ2) is 5.71. The normalized spacial score (nSPS) is 12.0. The van der Waals surface area contributed by atoms with Crippen molar-refractivity contribution < 1.29 is 19.1 Å². The lowest BCUT2D eigenvalue weighted by Crippen LogP contribution is -2.28.